The van der Waals surface area contributed by atoms with Crippen molar-refractivity contribution in [2.24, 2.45) is 5.92 Å². The Kier molecular flexibility index (Phi) is 6.95. The van der Waals surface area contributed by atoms with E-state index in [1.807, 2.05) is 7.05 Å². The summed E-state index contributed by atoms with van der Waals surface area (Å²) in [5.74, 6) is 0.453. The molecule has 1 aromatic rings. The monoisotopic (exact) mass is 267 g/mol. The Morgan fingerprint density at radius 3 is 2.47 bits per heavy atom. The quantitative estimate of drug-likeness (QED) is 0.785. The number of halogens is 1. The fourth-order valence-electron chi connectivity index (χ4n) is 1.97. The molecule has 4 heteroatoms. The van der Waals surface area contributed by atoms with Crippen molar-refractivity contribution in [1.29, 1.82) is 0 Å². The van der Waals surface area contributed by atoms with Gasteiger partial charge in [-0.15, -0.1) is 0 Å². The Bertz CT molecular complexity index is 351. The van der Waals surface area contributed by atoms with Crippen LogP contribution in [0.5, 0.6) is 0 Å². The molecule has 0 aromatic carbocycles. The molecule has 0 saturated heterocycles. The van der Waals surface area contributed by atoms with Gasteiger partial charge in [-0.05, 0) is 58.1 Å². The molecule has 19 heavy (non-hydrogen) atoms. The van der Waals surface area contributed by atoms with Gasteiger partial charge in [0, 0.05) is 0 Å². The van der Waals surface area contributed by atoms with Crippen LogP contribution in [0.4, 0.5) is 4.39 Å². The molecule has 0 aliphatic rings. The second kappa shape index (κ2) is 8.23. The normalized spacial score (nSPS) is 13.2. The first kappa shape index (κ1) is 16.1. The molecule has 0 aliphatic carbocycles. The summed E-state index contributed by atoms with van der Waals surface area (Å²) in [4.78, 5) is 6.49. The minimum absolute atomic E-state index is 0.182. The highest BCUT2D eigenvalue weighted by molar-refractivity contribution is 5.09. The van der Waals surface area contributed by atoms with Crippen LogP contribution in [-0.2, 0) is 0 Å². The van der Waals surface area contributed by atoms with Crippen molar-refractivity contribution in [2.75, 3.05) is 27.2 Å². The highest BCUT2D eigenvalue weighted by Crippen LogP contribution is 2.14. The van der Waals surface area contributed by atoms with Crippen LogP contribution < -0.4 is 5.32 Å². The summed E-state index contributed by atoms with van der Waals surface area (Å²) in [5.41, 5.74) is 0.904. The molecule has 0 saturated carbocycles. The molecule has 0 aliphatic heterocycles. The average molecular weight is 267 g/mol. The highest BCUT2D eigenvalue weighted by atomic mass is 19.1. The minimum Gasteiger partial charge on any atom is -0.312 e. The molecule has 108 valence electrons. The van der Waals surface area contributed by atoms with Crippen LogP contribution in [0.1, 0.15) is 38.4 Å². The van der Waals surface area contributed by atoms with Crippen LogP contribution in [0.25, 0.3) is 0 Å². The number of nitrogens with zero attached hydrogens (tertiary/aromatic N) is 2. The Hall–Kier alpha value is -1.00. The molecule has 0 bridgehead atoms. The van der Waals surface area contributed by atoms with E-state index < -0.39 is 0 Å². The summed E-state index contributed by atoms with van der Waals surface area (Å²) in [6, 6.07) is 3.40. The van der Waals surface area contributed by atoms with Crippen LogP contribution in [0.2, 0.25) is 0 Å². The first-order chi connectivity index (χ1) is 9.02. The summed E-state index contributed by atoms with van der Waals surface area (Å²) >= 11 is 0. The second-order valence-electron chi connectivity index (χ2n) is 5.52. The van der Waals surface area contributed by atoms with Gasteiger partial charge in [-0.3, -0.25) is 4.98 Å². The molecule has 1 aromatic heterocycles. The van der Waals surface area contributed by atoms with Gasteiger partial charge in [0.2, 0.25) is 0 Å². The van der Waals surface area contributed by atoms with Gasteiger partial charge in [-0.25, -0.2) is 4.39 Å². The minimum atomic E-state index is -0.285. The van der Waals surface area contributed by atoms with E-state index >= 15 is 0 Å². The Labute approximate surface area is 116 Å². The molecular formula is C15H26FN3. The number of pyridine rings is 1. The van der Waals surface area contributed by atoms with E-state index in [4.69, 9.17) is 0 Å². The van der Waals surface area contributed by atoms with Crippen molar-refractivity contribution < 1.29 is 4.39 Å². The topological polar surface area (TPSA) is 28.2 Å². The van der Waals surface area contributed by atoms with Crippen molar-refractivity contribution in [1.82, 2.24) is 15.2 Å². The third kappa shape index (κ3) is 6.12. The van der Waals surface area contributed by atoms with E-state index in [9.17, 15) is 4.39 Å². The van der Waals surface area contributed by atoms with Gasteiger partial charge >= 0.3 is 0 Å². The highest BCUT2D eigenvalue weighted by Gasteiger charge is 2.12. The summed E-state index contributed by atoms with van der Waals surface area (Å²) < 4.78 is 12.9. The maximum absolute atomic E-state index is 12.9. The average Bonchev–Trinajstić information content (AvgIpc) is 2.39. The van der Waals surface area contributed by atoms with Crippen LogP contribution in [0.15, 0.2) is 18.3 Å². The zero-order valence-corrected chi connectivity index (χ0v) is 12.5. The molecule has 1 rings (SSSR count). The maximum atomic E-state index is 12.9. The summed E-state index contributed by atoms with van der Waals surface area (Å²) in [6.07, 6.45) is 3.47. The predicted octanol–water partition coefficient (Wildman–Crippen LogP) is 2.85. The lowest BCUT2D eigenvalue weighted by atomic mass is 10.1. The van der Waals surface area contributed by atoms with Crippen molar-refractivity contribution in [3.8, 4) is 0 Å². The zero-order valence-electron chi connectivity index (χ0n) is 12.5. The summed E-state index contributed by atoms with van der Waals surface area (Å²) in [6.45, 7) is 6.61. The van der Waals surface area contributed by atoms with E-state index in [-0.39, 0.29) is 11.9 Å². The lowest BCUT2D eigenvalue weighted by Crippen LogP contribution is -2.27. The van der Waals surface area contributed by atoms with Gasteiger partial charge in [0.05, 0.1) is 17.9 Å². The molecule has 1 heterocycles. The van der Waals surface area contributed by atoms with Crippen LogP contribution >= 0.6 is 0 Å². The molecule has 3 nitrogen and oxygen atoms in total. The SMILES string of the molecule is CNC(CCN(C)CCC(C)C)c1ccc(F)cn1. The molecule has 1 atom stereocenters. The third-order valence-electron chi connectivity index (χ3n) is 3.34. The molecule has 0 spiro atoms. The number of hydrogen-bond acceptors (Lipinski definition) is 3. The van der Waals surface area contributed by atoms with Crippen LogP contribution in [-0.4, -0.2) is 37.1 Å². The first-order valence-electron chi connectivity index (χ1n) is 7.00. The third-order valence-corrected chi connectivity index (χ3v) is 3.34. The van der Waals surface area contributed by atoms with Gasteiger partial charge in [0.1, 0.15) is 5.82 Å². The number of nitrogens with one attached hydrogen (secondary N) is 1. The van der Waals surface area contributed by atoms with E-state index in [2.05, 4.69) is 36.1 Å². The first-order valence-corrected chi connectivity index (χ1v) is 7.00. The van der Waals surface area contributed by atoms with E-state index in [1.54, 1.807) is 6.07 Å². The largest absolute Gasteiger partial charge is 0.312 e. The molecular weight excluding hydrogens is 241 g/mol. The maximum Gasteiger partial charge on any atom is 0.141 e. The van der Waals surface area contributed by atoms with Crippen LogP contribution in [0.3, 0.4) is 0 Å². The predicted molar refractivity (Wildman–Crippen MR) is 77.6 cm³/mol. The van der Waals surface area contributed by atoms with E-state index in [0.717, 1.165) is 31.1 Å². The molecule has 0 fully saturated rings. The van der Waals surface area contributed by atoms with Gasteiger partial charge in [0.15, 0.2) is 0 Å². The van der Waals surface area contributed by atoms with Gasteiger partial charge < -0.3 is 10.2 Å². The molecule has 0 amide bonds. The van der Waals surface area contributed by atoms with Gasteiger partial charge in [-0.2, -0.15) is 0 Å². The summed E-state index contributed by atoms with van der Waals surface area (Å²) in [5, 5.41) is 3.25. The molecule has 0 radical (unpaired) electrons. The van der Waals surface area contributed by atoms with E-state index in [0.29, 0.717) is 0 Å². The van der Waals surface area contributed by atoms with Crippen molar-refractivity contribution in [3.63, 3.8) is 0 Å². The van der Waals surface area contributed by atoms with Crippen molar-refractivity contribution >= 4 is 0 Å². The van der Waals surface area contributed by atoms with Crippen molar-refractivity contribution in [3.05, 3.63) is 29.8 Å². The molecule has 1 unspecified atom stereocenters. The number of hydrogen-bond donors (Lipinski definition) is 1. The Morgan fingerprint density at radius 1 is 1.26 bits per heavy atom. The fourth-order valence-corrected chi connectivity index (χ4v) is 1.97. The standard InChI is InChI=1S/C15H26FN3/c1-12(2)7-9-19(4)10-8-14(17-3)15-6-5-13(16)11-18-15/h5-6,11-12,14,17H,7-10H2,1-4H3. The van der Waals surface area contributed by atoms with Gasteiger partial charge in [-0.1, -0.05) is 13.8 Å². The lowest BCUT2D eigenvalue weighted by Gasteiger charge is -2.21. The number of rotatable bonds is 8. The fraction of sp³-hybridized carbons (Fsp3) is 0.667. The molecule has 1 N–H and O–H groups in total. The second-order valence-corrected chi connectivity index (χ2v) is 5.52. The number of aromatic nitrogens is 1. The lowest BCUT2D eigenvalue weighted by molar-refractivity contribution is 0.291. The summed E-state index contributed by atoms with van der Waals surface area (Å²) in [7, 11) is 4.07. The smallest absolute Gasteiger partial charge is 0.141 e. The van der Waals surface area contributed by atoms with Gasteiger partial charge in [0.25, 0.3) is 0 Å². The van der Waals surface area contributed by atoms with Crippen molar-refractivity contribution in [2.45, 2.75) is 32.7 Å². The Balaban J connectivity index is 2.42. The van der Waals surface area contributed by atoms with E-state index in [1.165, 1.54) is 18.7 Å². The van der Waals surface area contributed by atoms with Crippen LogP contribution in [0, 0.1) is 11.7 Å². The zero-order chi connectivity index (χ0) is 14.3. The Morgan fingerprint density at radius 2 is 1.95 bits per heavy atom.